The van der Waals surface area contributed by atoms with Crippen molar-refractivity contribution in [3.05, 3.63) is 23.8 Å². The van der Waals surface area contributed by atoms with Gasteiger partial charge in [-0.2, -0.15) is 0 Å². The quantitative estimate of drug-likeness (QED) is 0.441. The van der Waals surface area contributed by atoms with Crippen molar-refractivity contribution in [3.63, 3.8) is 0 Å². The van der Waals surface area contributed by atoms with Gasteiger partial charge in [-0.15, -0.1) is 0 Å². The van der Waals surface area contributed by atoms with Gasteiger partial charge >= 0.3 is 5.97 Å². The van der Waals surface area contributed by atoms with Crippen LogP contribution in [0.2, 0.25) is 0 Å². The number of nitrogens with one attached hydrogen (secondary N) is 1. The summed E-state index contributed by atoms with van der Waals surface area (Å²) in [7, 11) is 0. The average Bonchev–Trinajstić information content (AvgIpc) is 3.11. The highest BCUT2D eigenvalue weighted by molar-refractivity contribution is 6.05. The Kier molecular flexibility index (Phi) is 7.05. The van der Waals surface area contributed by atoms with Gasteiger partial charge in [0.25, 0.3) is 5.91 Å². The van der Waals surface area contributed by atoms with Crippen molar-refractivity contribution in [2.24, 2.45) is 45.6 Å². The third-order valence-corrected chi connectivity index (χ3v) is 11.3. The zero-order valence-corrected chi connectivity index (χ0v) is 22.7. The Morgan fingerprint density at radius 1 is 1.05 bits per heavy atom. The summed E-state index contributed by atoms with van der Waals surface area (Å²) in [6.07, 6.45) is 16.0. The molecule has 0 aliphatic heterocycles. The molecule has 4 saturated carbocycles. The molecule has 0 aromatic carbocycles. The topological polar surface area (TPSA) is 108 Å². The van der Waals surface area contributed by atoms with E-state index in [0.29, 0.717) is 43.1 Å². The molecule has 4 fully saturated rings. The van der Waals surface area contributed by atoms with Crippen LogP contribution in [0.5, 0.6) is 0 Å². The molecule has 0 radical (unpaired) electrons. The first kappa shape index (κ1) is 26.5. The van der Waals surface area contributed by atoms with Crippen LogP contribution >= 0.6 is 0 Å². The number of allylic oxidation sites excluding steroid dienone is 4. The summed E-state index contributed by atoms with van der Waals surface area (Å²) >= 11 is 0. The van der Waals surface area contributed by atoms with Crippen LogP contribution < -0.4 is 5.32 Å². The van der Waals surface area contributed by atoms with Gasteiger partial charge in [-0.25, -0.2) is 0 Å². The number of nitrogens with zero attached hydrogens (tertiary/aromatic N) is 1. The molecule has 0 bridgehead atoms. The fourth-order valence-corrected chi connectivity index (χ4v) is 8.60. The van der Waals surface area contributed by atoms with Crippen LogP contribution in [0, 0.1) is 40.4 Å². The van der Waals surface area contributed by atoms with E-state index in [-0.39, 0.29) is 29.3 Å². The van der Waals surface area contributed by atoms with Crippen LogP contribution in [0.15, 0.2) is 29.0 Å². The highest BCUT2D eigenvalue weighted by Gasteiger charge is 2.61. The first-order valence-electron chi connectivity index (χ1n) is 14.4. The van der Waals surface area contributed by atoms with Crippen LogP contribution in [-0.2, 0) is 14.4 Å². The molecule has 0 spiro atoms. The molecule has 7 heteroatoms. The van der Waals surface area contributed by atoms with E-state index in [1.807, 2.05) is 6.08 Å². The minimum absolute atomic E-state index is 0.0226. The predicted molar refractivity (Wildman–Crippen MR) is 142 cm³/mol. The molecule has 0 aromatic rings. The molecule has 0 saturated heterocycles. The van der Waals surface area contributed by atoms with E-state index in [9.17, 15) is 14.7 Å². The highest BCUT2D eigenvalue weighted by atomic mass is 16.6. The number of rotatable bonds is 6. The van der Waals surface area contributed by atoms with Gasteiger partial charge in [0.2, 0.25) is 0 Å². The van der Waals surface area contributed by atoms with E-state index >= 15 is 0 Å². The highest BCUT2D eigenvalue weighted by Crippen LogP contribution is 2.66. The first-order chi connectivity index (χ1) is 17.5. The van der Waals surface area contributed by atoms with Gasteiger partial charge < -0.3 is 20.4 Å². The van der Waals surface area contributed by atoms with Crippen molar-refractivity contribution in [2.75, 3.05) is 13.2 Å². The van der Waals surface area contributed by atoms with Crippen molar-refractivity contribution in [2.45, 2.75) is 90.6 Å². The second-order valence-corrected chi connectivity index (χ2v) is 13.1. The molecule has 3 N–H and O–H groups in total. The lowest BCUT2D eigenvalue weighted by Crippen LogP contribution is -2.53. The maximum absolute atomic E-state index is 12.2. The summed E-state index contributed by atoms with van der Waals surface area (Å²) in [6, 6.07) is 0. The monoisotopic (exact) mass is 512 g/mol. The number of aliphatic hydroxyl groups is 1. The fraction of sp³-hybridized carbons (Fsp3) is 0.767. The van der Waals surface area contributed by atoms with Crippen LogP contribution in [-0.4, -0.2) is 46.6 Å². The number of carbonyl (C=O) groups is 2. The zero-order chi connectivity index (χ0) is 26.4. The normalized spacial score (nSPS) is 43.8. The molecule has 0 heterocycles. The maximum atomic E-state index is 12.2. The third kappa shape index (κ3) is 4.77. The number of carboxylic acids is 1. The minimum atomic E-state index is -0.708. The number of carboxylic acid groups (broad SMARTS) is 1. The number of oxime groups is 1. The Labute approximate surface area is 220 Å². The number of amides is 1. The lowest BCUT2D eigenvalue weighted by atomic mass is 9.47. The van der Waals surface area contributed by atoms with Gasteiger partial charge in [-0.1, -0.05) is 30.7 Å². The van der Waals surface area contributed by atoms with Gasteiger partial charge in [0, 0.05) is 12.0 Å². The lowest BCUT2D eigenvalue weighted by Gasteiger charge is -2.58. The van der Waals surface area contributed by atoms with Crippen molar-refractivity contribution in [1.82, 2.24) is 5.32 Å². The average molecular weight is 513 g/mol. The molecule has 0 unspecified atom stereocenters. The summed E-state index contributed by atoms with van der Waals surface area (Å²) in [5, 5.41) is 27.4. The number of hydrogen-bond acceptors (Lipinski definition) is 5. The summed E-state index contributed by atoms with van der Waals surface area (Å²) in [4.78, 5) is 28.7. The Morgan fingerprint density at radius 2 is 1.78 bits per heavy atom. The van der Waals surface area contributed by atoms with Crippen LogP contribution in [0.3, 0.4) is 0 Å². The Bertz CT molecular complexity index is 1010. The molecule has 204 valence electrons. The molecule has 7 nitrogen and oxygen atoms in total. The second-order valence-electron chi connectivity index (χ2n) is 13.1. The van der Waals surface area contributed by atoms with Crippen LogP contribution in [0.4, 0.5) is 0 Å². The van der Waals surface area contributed by atoms with Gasteiger partial charge in [-0.3, -0.25) is 9.59 Å². The van der Waals surface area contributed by atoms with Crippen molar-refractivity contribution >= 4 is 17.6 Å². The largest absolute Gasteiger partial charge is 0.481 e. The number of aliphatic carboxylic acids is 1. The standard InChI is InChI=1S/C30H44N2O5/c1-28-13-10-22(32-37-18-26(33)31-17-19-4-6-20(7-5-19)27(34)35)16-21(28)8-9-23-24(28)11-14-29(2)25(23)12-15-30(29,3)36/h10,13,16,19-20,23-25,36H,4-9,11-12,14-15,17-18H2,1-3H3,(H,31,33)(H,34,35)/b32-22-/t19?,20?,23-,24-,25-,28-,29-,30-/m0/s1. The molecule has 5 aliphatic carbocycles. The Hall–Kier alpha value is -2.15. The summed E-state index contributed by atoms with van der Waals surface area (Å²) in [6.45, 7) is 7.20. The zero-order valence-electron chi connectivity index (χ0n) is 22.7. The summed E-state index contributed by atoms with van der Waals surface area (Å²) < 4.78 is 0. The predicted octanol–water partition coefficient (Wildman–Crippen LogP) is 4.86. The molecular formula is C30H44N2O5. The number of fused-ring (bicyclic) bond motifs is 5. The molecule has 6 atom stereocenters. The summed E-state index contributed by atoms with van der Waals surface area (Å²) in [5.41, 5.74) is 1.67. The van der Waals surface area contributed by atoms with Crippen LogP contribution in [0.1, 0.15) is 85.0 Å². The van der Waals surface area contributed by atoms with Crippen molar-refractivity contribution in [1.29, 1.82) is 0 Å². The maximum Gasteiger partial charge on any atom is 0.306 e. The van der Waals surface area contributed by atoms with E-state index in [4.69, 9.17) is 9.94 Å². The number of carbonyl (C=O) groups excluding carboxylic acids is 1. The van der Waals surface area contributed by atoms with Gasteiger partial charge in [0.1, 0.15) is 5.71 Å². The fourth-order valence-electron chi connectivity index (χ4n) is 8.60. The van der Waals surface area contributed by atoms with E-state index in [0.717, 1.165) is 50.7 Å². The van der Waals surface area contributed by atoms with Gasteiger partial charge in [-0.05, 0) is 112 Å². The van der Waals surface area contributed by atoms with Gasteiger partial charge in [0.15, 0.2) is 6.61 Å². The van der Waals surface area contributed by atoms with E-state index in [2.05, 4.69) is 43.4 Å². The van der Waals surface area contributed by atoms with E-state index in [1.54, 1.807) is 0 Å². The first-order valence-corrected chi connectivity index (χ1v) is 14.4. The van der Waals surface area contributed by atoms with Crippen molar-refractivity contribution < 1.29 is 24.6 Å². The molecule has 5 rings (SSSR count). The third-order valence-electron chi connectivity index (χ3n) is 11.3. The van der Waals surface area contributed by atoms with Crippen LogP contribution in [0.25, 0.3) is 0 Å². The molecular weight excluding hydrogens is 468 g/mol. The van der Waals surface area contributed by atoms with E-state index < -0.39 is 11.6 Å². The second kappa shape index (κ2) is 9.87. The SMILES string of the molecule is C[C@]12C=C/C(=N/OCC(=O)NCC3CCC(C(=O)O)CC3)C=C1CC[C@H]1[C@@H]2CC[C@@]2(C)[C@H]1CC[C@]2(C)O. The van der Waals surface area contributed by atoms with E-state index in [1.165, 1.54) is 12.0 Å². The minimum Gasteiger partial charge on any atom is -0.481 e. The molecule has 1 amide bonds. The van der Waals surface area contributed by atoms with Crippen molar-refractivity contribution in [3.8, 4) is 0 Å². The summed E-state index contributed by atoms with van der Waals surface area (Å²) in [5.74, 6) is 1.03. The number of hydrogen-bond donors (Lipinski definition) is 3. The Morgan fingerprint density at radius 3 is 2.51 bits per heavy atom. The molecule has 0 aromatic heterocycles. The van der Waals surface area contributed by atoms with Gasteiger partial charge in [0.05, 0.1) is 11.5 Å². The smallest absolute Gasteiger partial charge is 0.306 e. The molecule has 37 heavy (non-hydrogen) atoms. The molecule has 5 aliphatic rings. The lowest BCUT2D eigenvalue weighted by molar-refractivity contribution is -0.143. The Balaban J connectivity index is 1.13.